The van der Waals surface area contributed by atoms with E-state index in [1.165, 1.54) is 7.11 Å². The second-order valence-electron chi connectivity index (χ2n) is 3.58. The molecule has 0 aliphatic carbocycles. The zero-order valence-electron chi connectivity index (χ0n) is 10.4. The Morgan fingerprint density at radius 2 is 2.06 bits per heavy atom. The second kappa shape index (κ2) is 5.89. The molecule has 0 aromatic heterocycles. The molecule has 0 spiro atoms. The summed E-state index contributed by atoms with van der Waals surface area (Å²) in [6.45, 7) is 0. The van der Waals surface area contributed by atoms with Crippen LogP contribution in [0.2, 0.25) is 0 Å². The average Bonchev–Trinajstić information content (AvgIpc) is 2.34. The Kier molecular flexibility index (Phi) is 4.51. The van der Waals surface area contributed by atoms with Crippen molar-refractivity contribution in [1.29, 1.82) is 0 Å². The van der Waals surface area contributed by atoms with Gasteiger partial charge < -0.3 is 14.4 Å². The van der Waals surface area contributed by atoms with E-state index >= 15 is 0 Å². The van der Waals surface area contributed by atoms with Crippen LogP contribution in [-0.2, 0) is 4.74 Å². The van der Waals surface area contributed by atoms with Crippen LogP contribution in [0, 0.1) is 0 Å². The number of nitrogens with zero attached hydrogens (tertiary/aromatic N) is 2. The lowest BCUT2D eigenvalue weighted by molar-refractivity contribution is 0.0601. The third kappa shape index (κ3) is 3.48. The van der Waals surface area contributed by atoms with Crippen molar-refractivity contribution < 1.29 is 14.3 Å². The van der Waals surface area contributed by atoms with Gasteiger partial charge in [-0.05, 0) is 12.1 Å². The standard InChI is InChI=1S/C12H16N2O3/c1-14(2)8-13-11-7-9(16-3)5-6-10(11)12(15)17-4/h5-8H,1-4H3. The van der Waals surface area contributed by atoms with E-state index in [0.717, 1.165) is 0 Å². The Bertz CT molecular complexity index is 428. The van der Waals surface area contributed by atoms with Crippen molar-refractivity contribution in [2.45, 2.75) is 0 Å². The zero-order chi connectivity index (χ0) is 12.8. The van der Waals surface area contributed by atoms with Gasteiger partial charge in [0.25, 0.3) is 0 Å². The van der Waals surface area contributed by atoms with Crippen LogP contribution >= 0.6 is 0 Å². The molecule has 1 aromatic rings. The number of carbonyl (C=O) groups is 1. The number of benzene rings is 1. The maximum absolute atomic E-state index is 11.5. The number of hydrogen-bond acceptors (Lipinski definition) is 4. The third-order valence-corrected chi connectivity index (χ3v) is 2.04. The molecule has 5 nitrogen and oxygen atoms in total. The molecule has 0 bridgehead atoms. The highest BCUT2D eigenvalue weighted by atomic mass is 16.5. The minimum absolute atomic E-state index is 0.409. The van der Waals surface area contributed by atoms with E-state index in [4.69, 9.17) is 4.74 Å². The van der Waals surface area contributed by atoms with Crippen LogP contribution in [0.25, 0.3) is 0 Å². The Morgan fingerprint density at radius 1 is 1.35 bits per heavy atom. The Labute approximate surface area is 101 Å². The van der Waals surface area contributed by atoms with Gasteiger partial charge in [0.05, 0.1) is 31.8 Å². The minimum Gasteiger partial charge on any atom is -0.497 e. The maximum Gasteiger partial charge on any atom is 0.340 e. The first kappa shape index (κ1) is 13.0. The molecule has 0 heterocycles. The van der Waals surface area contributed by atoms with Crippen molar-refractivity contribution in [3.8, 4) is 5.75 Å². The second-order valence-corrected chi connectivity index (χ2v) is 3.58. The monoisotopic (exact) mass is 236 g/mol. The summed E-state index contributed by atoms with van der Waals surface area (Å²) < 4.78 is 9.78. The predicted octanol–water partition coefficient (Wildman–Crippen LogP) is 1.70. The quantitative estimate of drug-likeness (QED) is 0.453. The van der Waals surface area contributed by atoms with Gasteiger partial charge in [-0.2, -0.15) is 0 Å². The van der Waals surface area contributed by atoms with Crippen LogP contribution in [-0.4, -0.2) is 45.5 Å². The highest BCUT2D eigenvalue weighted by molar-refractivity contribution is 5.95. The molecule has 0 amide bonds. The topological polar surface area (TPSA) is 51.1 Å². The molecule has 0 saturated heterocycles. The van der Waals surface area contributed by atoms with Crippen LogP contribution < -0.4 is 4.74 Å². The predicted molar refractivity (Wildman–Crippen MR) is 66.2 cm³/mol. The zero-order valence-corrected chi connectivity index (χ0v) is 10.4. The molecule has 0 N–H and O–H groups in total. The molecular weight excluding hydrogens is 220 g/mol. The van der Waals surface area contributed by atoms with Crippen molar-refractivity contribution in [3.63, 3.8) is 0 Å². The third-order valence-electron chi connectivity index (χ3n) is 2.04. The summed E-state index contributed by atoms with van der Waals surface area (Å²) in [4.78, 5) is 17.5. The van der Waals surface area contributed by atoms with Crippen LogP contribution in [0.15, 0.2) is 23.2 Å². The van der Waals surface area contributed by atoms with E-state index in [0.29, 0.717) is 17.0 Å². The molecule has 0 aliphatic rings. The molecule has 1 rings (SSSR count). The van der Waals surface area contributed by atoms with Gasteiger partial charge in [-0.15, -0.1) is 0 Å². The van der Waals surface area contributed by atoms with Crippen LogP contribution in [0.1, 0.15) is 10.4 Å². The smallest absolute Gasteiger partial charge is 0.340 e. The van der Waals surface area contributed by atoms with Crippen molar-refractivity contribution >= 4 is 18.0 Å². The molecule has 92 valence electrons. The van der Waals surface area contributed by atoms with E-state index in [-0.39, 0.29) is 0 Å². The van der Waals surface area contributed by atoms with E-state index in [1.54, 1.807) is 36.5 Å². The fraction of sp³-hybridized carbons (Fsp3) is 0.333. The van der Waals surface area contributed by atoms with E-state index in [1.807, 2.05) is 14.1 Å². The Morgan fingerprint density at radius 3 is 2.59 bits per heavy atom. The molecule has 17 heavy (non-hydrogen) atoms. The summed E-state index contributed by atoms with van der Waals surface area (Å²) in [5, 5.41) is 0. The summed E-state index contributed by atoms with van der Waals surface area (Å²) in [5.74, 6) is 0.224. The molecule has 0 atom stereocenters. The number of ether oxygens (including phenoxy) is 2. The summed E-state index contributed by atoms with van der Waals surface area (Å²) in [7, 11) is 6.60. The van der Waals surface area contributed by atoms with Gasteiger partial charge in [-0.25, -0.2) is 9.79 Å². The molecule has 0 radical (unpaired) electrons. The highest BCUT2D eigenvalue weighted by Gasteiger charge is 2.11. The van der Waals surface area contributed by atoms with Gasteiger partial charge in [0.2, 0.25) is 0 Å². The molecule has 0 saturated carbocycles. The summed E-state index contributed by atoms with van der Waals surface area (Å²) in [6, 6.07) is 5.01. The first-order valence-corrected chi connectivity index (χ1v) is 5.05. The first-order valence-electron chi connectivity index (χ1n) is 5.05. The lowest BCUT2D eigenvalue weighted by Gasteiger charge is -2.07. The van der Waals surface area contributed by atoms with E-state index in [2.05, 4.69) is 9.73 Å². The summed E-state index contributed by atoms with van der Waals surface area (Å²) in [6.07, 6.45) is 1.61. The maximum atomic E-state index is 11.5. The summed E-state index contributed by atoms with van der Waals surface area (Å²) in [5.41, 5.74) is 0.927. The number of aliphatic imine (C=N–C) groups is 1. The number of esters is 1. The average molecular weight is 236 g/mol. The number of methoxy groups -OCH3 is 2. The highest BCUT2D eigenvalue weighted by Crippen LogP contribution is 2.25. The molecule has 1 aromatic carbocycles. The number of carbonyl (C=O) groups excluding carboxylic acids is 1. The lowest BCUT2D eigenvalue weighted by Crippen LogP contribution is -2.08. The van der Waals surface area contributed by atoms with E-state index in [9.17, 15) is 4.79 Å². The Balaban J connectivity index is 3.16. The molecule has 0 fully saturated rings. The Hall–Kier alpha value is -2.04. The van der Waals surface area contributed by atoms with Crippen molar-refractivity contribution in [2.75, 3.05) is 28.3 Å². The van der Waals surface area contributed by atoms with Crippen molar-refractivity contribution in [3.05, 3.63) is 23.8 Å². The van der Waals surface area contributed by atoms with Gasteiger partial charge in [-0.1, -0.05) is 0 Å². The largest absolute Gasteiger partial charge is 0.497 e. The van der Waals surface area contributed by atoms with Crippen molar-refractivity contribution in [2.24, 2.45) is 4.99 Å². The fourth-order valence-corrected chi connectivity index (χ4v) is 1.21. The normalized spacial score (nSPS) is 10.4. The molecule has 0 aliphatic heterocycles. The van der Waals surface area contributed by atoms with Gasteiger partial charge >= 0.3 is 5.97 Å². The van der Waals surface area contributed by atoms with Gasteiger partial charge in [0, 0.05) is 20.2 Å². The minimum atomic E-state index is -0.418. The van der Waals surface area contributed by atoms with Crippen LogP contribution in [0.3, 0.4) is 0 Å². The number of hydrogen-bond donors (Lipinski definition) is 0. The molecule has 0 unspecified atom stereocenters. The van der Waals surface area contributed by atoms with Gasteiger partial charge in [0.15, 0.2) is 0 Å². The summed E-state index contributed by atoms with van der Waals surface area (Å²) >= 11 is 0. The molecule has 5 heteroatoms. The van der Waals surface area contributed by atoms with Crippen molar-refractivity contribution in [1.82, 2.24) is 4.90 Å². The number of rotatable bonds is 4. The fourth-order valence-electron chi connectivity index (χ4n) is 1.21. The van der Waals surface area contributed by atoms with Gasteiger partial charge in [0.1, 0.15) is 5.75 Å². The van der Waals surface area contributed by atoms with E-state index < -0.39 is 5.97 Å². The van der Waals surface area contributed by atoms with Crippen LogP contribution in [0.4, 0.5) is 5.69 Å². The van der Waals surface area contributed by atoms with Crippen LogP contribution in [0.5, 0.6) is 5.75 Å². The first-order chi connectivity index (χ1) is 8.08. The lowest BCUT2D eigenvalue weighted by atomic mass is 10.1. The molecular formula is C12H16N2O3. The SMILES string of the molecule is COC(=O)c1ccc(OC)cc1N=CN(C)C. The van der Waals surface area contributed by atoms with Gasteiger partial charge in [-0.3, -0.25) is 0 Å².